The van der Waals surface area contributed by atoms with E-state index in [-0.39, 0.29) is 24.8 Å². The van der Waals surface area contributed by atoms with Gasteiger partial charge < -0.3 is 15.0 Å². The predicted octanol–water partition coefficient (Wildman–Crippen LogP) is 3.38. The Bertz CT molecular complexity index is 902. The molecule has 1 saturated heterocycles. The van der Waals surface area contributed by atoms with Crippen LogP contribution in [0.25, 0.3) is 11.4 Å². The molecule has 0 radical (unpaired) electrons. The van der Waals surface area contributed by atoms with Crippen molar-refractivity contribution >= 4 is 24.8 Å². The van der Waals surface area contributed by atoms with Gasteiger partial charge in [0.05, 0.1) is 19.0 Å². The van der Waals surface area contributed by atoms with Crippen LogP contribution in [0.2, 0.25) is 0 Å². The van der Waals surface area contributed by atoms with Gasteiger partial charge in [0.25, 0.3) is 0 Å². The molecule has 2 N–H and O–H groups in total. The van der Waals surface area contributed by atoms with Crippen molar-refractivity contribution in [2.45, 2.75) is 50.3 Å². The summed E-state index contributed by atoms with van der Waals surface area (Å²) in [5, 5.41) is 8.52. The molecule has 3 heterocycles. The molecule has 5 rings (SSSR count). The van der Waals surface area contributed by atoms with Gasteiger partial charge in [0, 0.05) is 48.9 Å². The number of fused-ring (bicyclic) bond motifs is 1. The molecule has 0 bridgehead atoms. The summed E-state index contributed by atoms with van der Waals surface area (Å²) in [6, 6.07) is 10.7. The van der Waals surface area contributed by atoms with Crippen molar-refractivity contribution in [3.63, 3.8) is 0 Å². The number of ether oxygens (including phenoxy) is 1. The lowest BCUT2D eigenvalue weighted by molar-refractivity contribution is -0.0282. The second kappa shape index (κ2) is 10.4. The molecule has 3 atom stereocenters. The fourth-order valence-electron chi connectivity index (χ4n) is 4.42. The van der Waals surface area contributed by atoms with Gasteiger partial charge in [0.2, 0.25) is 0 Å². The van der Waals surface area contributed by atoms with Gasteiger partial charge in [0.1, 0.15) is 5.82 Å². The van der Waals surface area contributed by atoms with E-state index >= 15 is 0 Å². The van der Waals surface area contributed by atoms with Crippen molar-refractivity contribution in [2.75, 3.05) is 13.2 Å². The predicted molar refractivity (Wildman–Crippen MR) is 120 cm³/mol. The number of benzene rings is 1. The van der Waals surface area contributed by atoms with E-state index in [9.17, 15) is 0 Å². The van der Waals surface area contributed by atoms with Crippen LogP contribution in [0.15, 0.2) is 42.9 Å². The minimum atomic E-state index is 0. The first-order valence-electron chi connectivity index (χ1n) is 10.2. The molecule has 0 unspecified atom stereocenters. The number of aromatic nitrogens is 5. The van der Waals surface area contributed by atoms with Crippen molar-refractivity contribution < 1.29 is 4.74 Å². The molecule has 1 aliphatic heterocycles. The summed E-state index contributed by atoms with van der Waals surface area (Å²) in [6.45, 7) is 2.56. The first kappa shape index (κ1) is 22.7. The van der Waals surface area contributed by atoms with Gasteiger partial charge in [-0.1, -0.05) is 30.3 Å². The molecule has 2 fully saturated rings. The molecule has 30 heavy (non-hydrogen) atoms. The number of hydrogen-bond donors (Lipinski definition) is 2. The number of nitrogens with one attached hydrogen (secondary N) is 2. The highest BCUT2D eigenvalue weighted by Gasteiger charge is 2.35. The normalized spacial score (nSPS) is 23.1. The number of H-pyrrole nitrogens is 1. The molecule has 0 amide bonds. The van der Waals surface area contributed by atoms with Crippen LogP contribution >= 0.6 is 24.8 Å². The van der Waals surface area contributed by atoms with Crippen molar-refractivity contribution in [3.8, 4) is 11.4 Å². The van der Waals surface area contributed by atoms with Gasteiger partial charge >= 0.3 is 0 Å². The Hall–Kier alpha value is -1.93. The zero-order valence-electron chi connectivity index (χ0n) is 16.7. The van der Waals surface area contributed by atoms with Gasteiger partial charge in [-0.2, -0.15) is 5.10 Å². The van der Waals surface area contributed by atoms with Crippen LogP contribution < -0.4 is 5.32 Å². The molecule has 9 heteroatoms. The number of nitrogens with zero attached hydrogens (tertiary/aromatic N) is 4. The second-order valence-corrected chi connectivity index (χ2v) is 7.69. The number of aromatic amines is 1. The topological polar surface area (TPSA) is 80.6 Å². The minimum absolute atomic E-state index is 0. The van der Waals surface area contributed by atoms with E-state index in [2.05, 4.69) is 32.1 Å². The molecular formula is C21H28Cl2N6O. The summed E-state index contributed by atoms with van der Waals surface area (Å²) < 4.78 is 8.06. The number of hydrogen-bond acceptors (Lipinski definition) is 5. The van der Waals surface area contributed by atoms with Crippen LogP contribution in [0.1, 0.15) is 36.7 Å². The van der Waals surface area contributed by atoms with E-state index in [0.29, 0.717) is 18.1 Å². The highest BCUT2D eigenvalue weighted by atomic mass is 35.5. The first-order valence-corrected chi connectivity index (χ1v) is 10.2. The van der Waals surface area contributed by atoms with Gasteiger partial charge in [0.15, 0.2) is 5.82 Å². The Morgan fingerprint density at radius 3 is 2.80 bits per heavy atom. The fourth-order valence-corrected chi connectivity index (χ4v) is 4.42. The van der Waals surface area contributed by atoms with Crippen LogP contribution in [0.4, 0.5) is 0 Å². The Labute approximate surface area is 188 Å². The molecule has 1 saturated carbocycles. The minimum Gasteiger partial charge on any atom is -0.375 e. The van der Waals surface area contributed by atoms with E-state index in [4.69, 9.17) is 14.8 Å². The van der Waals surface area contributed by atoms with Crippen molar-refractivity contribution in [1.82, 2.24) is 30.0 Å². The maximum atomic E-state index is 5.95. The molecule has 1 aliphatic carbocycles. The van der Waals surface area contributed by atoms with E-state index in [1.807, 2.05) is 24.4 Å². The Morgan fingerprint density at radius 2 is 2.00 bits per heavy atom. The van der Waals surface area contributed by atoms with Crippen LogP contribution in [0, 0.1) is 0 Å². The Balaban J connectivity index is 0.00000128. The van der Waals surface area contributed by atoms with Crippen molar-refractivity contribution in [1.29, 1.82) is 0 Å². The molecule has 2 aliphatic rings. The van der Waals surface area contributed by atoms with Crippen LogP contribution in [-0.4, -0.2) is 50.0 Å². The average Bonchev–Trinajstić information content (AvgIpc) is 3.42. The summed E-state index contributed by atoms with van der Waals surface area (Å²) in [5.74, 6) is 2.32. The third-order valence-electron chi connectivity index (χ3n) is 5.87. The highest BCUT2D eigenvalue weighted by Crippen LogP contribution is 2.35. The molecular weight excluding hydrogens is 423 g/mol. The standard InChI is InChI=1S/C21H26N6O.2ClH/c1-2-4-15(5-3-1)20-25-21(27(26-20)10-8-17-13-22-14-24-17)16-6-7-19-18(12-16)23-9-11-28-19;;/h1-5,13-14,16,18-19,23H,6-12H2,(H,22,24);2*1H/t16-,18+,19+;;/m0../s1. The smallest absolute Gasteiger partial charge is 0.181 e. The van der Waals surface area contributed by atoms with Crippen LogP contribution in [0.5, 0.6) is 0 Å². The number of halogens is 2. The maximum Gasteiger partial charge on any atom is 0.181 e. The molecule has 7 nitrogen and oxygen atoms in total. The monoisotopic (exact) mass is 450 g/mol. The van der Waals surface area contributed by atoms with E-state index in [0.717, 1.165) is 68.3 Å². The van der Waals surface area contributed by atoms with E-state index < -0.39 is 0 Å². The Kier molecular flexibility index (Phi) is 7.88. The lowest BCUT2D eigenvalue weighted by Crippen LogP contribution is -2.51. The van der Waals surface area contributed by atoms with E-state index in [1.54, 1.807) is 6.33 Å². The second-order valence-electron chi connectivity index (χ2n) is 7.69. The maximum absolute atomic E-state index is 5.95. The van der Waals surface area contributed by atoms with Crippen LogP contribution in [0.3, 0.4) is 0 Å². The number of morpholine rings is 1. The van der Waals surface area contributed by atoms with Crippen molar-refractivity contribution in [2.24, 2.45) is 0 Å². The number of rotatable bonds is 5. The largest absolute Gasteiger partial charge is 0.375 e. The summed E-state index contributed by atoms with van der Waals surface area (Å²) in [7, 11) is 0. The lowest BCUT2D eigenvalue weighted by atomic mass is 9.82. The fraction of sp³-hybridized carbons (Fsp3) is 0.476. The SMILES string of the molecule is Cl.Cl.c1ccc(-c2nc([C@H]3CC[C@H]4OCCN[C@@H]4C3)n(CCc3cnc[nH]3)n2)cc1. The van der Waals surface area contributed by atoms with Gasteiger partial charge in [-0.25, -0.2) is 14.6 Å². The van der Waals surface area contributed by atoms with Gasteiger partial charge in [-0.05, 0) is 19.3 Å². The lowest BCUT2D eigenvalue weighted by Gasteiger charge is -2.39. The van der Waals surface area contributed by atoms with Gasteiger partial charge in [-0.3, -0.25) is 0 Å². The summed E-state index contributed by atoms with van der Waals surface area (Å²) in [6.07, 6.45) is 8.05. The van der Waals surface area contributed by atoms with Crippen molar-refractivity contribution in [3.05, 3.63) is 54.4 Å². The first-order chi connectivity index (χ1) is 13.9. The Morgan fingerprint density at radius 1 is 1.13 bits per heavy atom. The number of imidazole rings is 1. The summed E-state index contributed by atoms with van der Waals surface area (Å²) in [4.78, 5) is 12.3. The third kappa shape index (κ3) is 4.86. The average molecular weight is 451 g/mol. The molecule has 162 valence electrons. The molecule has 1 aromatic carbocycles. The van der Waals surface area contributed by atoms with E-state index in [1.165, 1.54) is 0 Å². The summed E-state index contributed by atoms with van der Waals surface area (Å²) in [5.41, 5.74) is 2.19. The van der Waals surface area contributed by atoms with Gasteiger partial charge in [-0.15, -0.1) is 24.8 Å². The molecule has 3 aromatic rings. The summed E-state index contributed by atoms with van der Waals surface area (Å²) >= 11 is 0. The van der Waals surface area contributed by atoms with Crippen LogP contribution in [-0.2, 0) is 17.7 Å². The third-order valence-corrected chi connectivity index (χ3v) is 5.87. The highest BCUT2D eigenvalue weighted by molar-refractivity contribution is 5.85. The zero-order valence-corrected chi connectivity index (χ0v) is 18.4. The number of aryl methyl sites for hydroxylation is 2. The quantitative estimate of drug-likeness (QED) is 0.622. The molecule has 2 aromatic heterocycles. The molecule has 0 spiro atoms. The zero-order chi connectivity index (χ0) is 18.8.